The highest BCUT2D eigenvalue weighted by Gasteiger charge is 2.17. The van der Waals surface area contributed by atoms with Crippen molar-refractivity contribution in [2.24, 2.45) is 5.73 Å². The number of carbonyl (C=O) groups is 2. The lowest BCUT2D eigenvalue weighted by Crippen LogP contribution is -2.37. The minimum absolute atomic E-state index is 0.234. The SMILES string of the molecule is NC(=O)c1cc(OCCCN2CCOCC2)c2c(c1)nc(N)n2CCCNC(=O)NCc1ccccc1. The van der Waals surface area contributed by atoms with Crippen molar-refractivity contribution in [2.45, 2.75) is 25.9 Å². The lowest BCUT2D eigenvalue weighted by Gasteiger charge is -2.26. The van der Waals surface area contributed by atoms with Gasteiger partial charge in [0.25, 0.3) is 0 Å². The van der Waals surface area contributed by atoms with E-state index in [4.69, 9.17) is 20.9 Å². The number of aryl methyl sites for hydroxylation is 1. The van der Waals surface area contributed by atoms with Gasteiger partial charge in [0.1, 0.15) is 11.3 Å². The Kier molecular flexibility index (Phi) is 9.17. The van der Waals surface area contributed by atoms with Gasteiger partial charge in [0.15, 0.2) is 0 Å². The first kappa shape index (κ1) is 26.2. The molecule has 37 heavy (non-hydrogen) atoms. The third-order valence-corrected chi connectivity index (χ3v) is 6.24. The Morgan fingerprint density at radius 2 is 1.84 bits per heavy atom. The fraction of sp³-hybridized carbons (Fsp3) is 0.423. The summed E-state index contributed by atoms with van der Waals surface area (Å²) in [6, 6.07) is 12.8. The largest absolute Gasteiger partial charge is 0.491 e. The molecule has 198 valence electrons. The Hall–Kier alpha value is -3.83. The lowest BCUT2D eigenvalue weighted by atomic mass is 10.1. The first-order valence-electron chi connectivity index (χ1n) is 12.6. The number of imidazole rings is 1. The van der Waals surface area contributed by atoms with Crippen LogP contribution in [0.5, 0.6) is 5.75 Å². The summed E-state index contributed by atoms with van der Waals surface area (Å²) in [5, 5.41) is 5.71. The van der Waals surface area contributed by atoms with Crippen LogP contribution in [0, 0.1) is 0 Å². The molecule has 1 aliphatic rings. The molecule has 11 nitrogen and oxygen atoms in total. The molecule has 0 spiro atoms. The Balaban J connectivity index is 1.35. The van der Waals surface area contributed by atoms with Crippen molar-refractivity contribution in [2.75, 3.05) is 51.7 Å². The number of rotatable bonds is 12. The van der Waals surface area contributed by atoms with Crippen LogP contribution >= 0.6 is 0 Å². The number of primary amides is 1. The standard InChI is InChI=1S/C26H35N7O4/c27-24(34)20-16-21-23(22(17-20)37-13-5-9-32-11-14-36-15-12-32)33(25(28)31-21)10-4-8-29-26(35)30-18-19-6-2-1-3-7-19/h1-3,6-7,16-17H,4-5,8-15,18H2,(H2,27,34)(H2,28,31)(H2,29,30,35). The molecule has 0 aliphatic carbocycles. The molecule has 0 unspecified atom stereocenters. The highest BCUT2D eigenvalue weighted by Crippen LogP contribution is 2.30. The average Bonchev–Trinajstić information content (AvgIpc) is 3.23. The highest BCUT2D eigenvalue weighted by molar-refractivity contribution is 5.98. The van der Waals surface area contributed by atoms with Gasteiger partial charge in [-0.3, -0.25) is 9.69 Å². The molecule has 1 saturated heterocycles. The van der Waals surface area contributed by atoms with Crippen LogP contribution in [-0.2, 0) is 17.8 Å². The van der Waals surface area contributed by atoms with Crippen molar-refractivity contribution < 1.29 is 19.1 Å². The van der Waals surface area contributed by atoms with Crippen molar-refractivity contribution in [3.05, 3.63) is 53.6 Å². The van der Waals surface area contributed by atoms with Crippen molar-refractivity contribution in [3.8, 4) is 5.75 Å². The van der Waals surface area contributed by atoms with Gasteiger partial charge in [-0.15, -0.1) is 0 Å². The van der Waals surface area contributed by atoms with Crippen LogP contribution in [0.2, 0.25) is 0 Å². The molecule has 0 bridgehead atoms. The number of urea groups is 1. The molecule has 3 aromatic rings. The van der Waals surface area contributed by atoms with Gasteiger partial charge in [0.05, 0.1) is 25.3 Å². The molecule has 11 heteroatoms. The van der Waals surface area contributed by atoms with Gasteiger partial charge in [0, 0.05) is 44.8 Å². The quantitative estimate of drug-likeness (QED) is 0.272. The topological polar surface area (TPSA) is 150 Å². The Bertz CT molecular complexity index is 1190. The maximum Gasteiger partial charge on any atom is 0.315 e. The summed E-state index contributed by atoms with van der Waals surface area (Å²) in [4.78, 5) is 30.8. The van der Waals surface area contributed by atoms with E-state index >= 15 is 0 Å². The number of fused-ring (bicyclic) bond motifs is 1. The van der Waals surface area contributed by atoms with Crippen LogP contribution in [0.1, 0.15) is 28.8 Å². The van der Waals surface area contributed by atoms with Gasteiger partial charge in [0.2, 0.25) is 11.9 Å². The van der Waals surface area contributed by atoms with Crippen molar-refractivity contribution in [1.29, 1.82) is 0 Å². The number of aromatic nitrogens is 2. The summed E-state index contributed by atoms with van der Waals surface area (Å²) in [7, 11) is 0. The molecule has 6 N–H and O–H groups in total. The van der Waals surface area contributed by atoms with Gasteiger partial charge in [-0.1, -0.05) is 30.3 Å². The van der Waals surface area contributed by atoms with E-state index in [2.05, 4.69) is 20.5 Å². The molecular weight excluding hydrogens is 474 g/mol. The van der Waals surface area contributed by atoms with E-state index < -0.39 is 5.91 Å². The Morgan fingerprint density at radius 1 is 1.05 bits per heavy atom. The number of hydrogen-bond acceptors (Lipinski definition) is 7. The van der Waals surface area contributed by atoms with Crippen molar-refractivity contribution in [1.82, 2.24) is 25.1 Å². The van der Waals surface area contributed by atoms with E-state index in [0.717, 1.165) is 44.8 Å². The summed E-state index contributed by atoms with van der Waals surface area (Å²) in [6.45, 7) is 6.15. The van der Waals surface area contributed by atoms with Gasteiger partial charge in [-0.05, 0) is 30.5 Å². The van der Waals surface area contributed by atoms with Gasteiger partial charge < -0.3 is 36.1 Å². The second kappa shape index (κ2) is 12.9. The molecule has 0 radical (unpaired) electrons. The zero-order chi connectivity index (χ0) is 26.0. The molecule has 0 atom stereocenters. The van der Waals surface area contributed by atoms with Crippen LogP contribution in [0.3, 0.4) is 0 Å². The summed E-state index contributed by atoms with van der Waals surface area (Å²) < 4.78 is 13.4. The van der Waals surface area contributed by atoms with Gasteiger partial charge >= 0.3 is 6.03 Å². The minimum atomic E-state index is -0.557. The number of anilines is 1. The first-order valence-corrected chi connectivity index (χ1v) is 12.6. The molecule has 2 heterocycles. The molecule has 2 aromatic carbocycles. The van der Waals surface area contributed by atoms with Crippen LogP contribution in [0.15, 0.2) is 42.5 Å². The van der Waals surface area contributed by atoms with Crippen LogP contribution in [0.25, 0.3) is 11.0 Å². The number of benzene rings is 2. The smallest absolute Gasteiger partial charge is 0.315 e. The number of ether oxygens (including phenoxy) is 2. The Morgan fingerprint density at radius 3 is 2.59 bits per heavy atom. The van der Waals surface area contributed by atoms with E-state index in [1.807, 2.05) is 34.9 Å². The number of amides is 3. The third-order valence-electron chi connectivity index (χ3n) is 6.24. The van der Waals surface area contributed by atoms with E-state index in [-0.39, 0.29) is 6.03 Å². The van der Waals surface area contributed by atoms with Crippen molar-refractivity contribution in [3.63, 3.8) is 0 Å². The minimum Gasteiger partial charge on any atom is -0.491 e. The van der Waals surface area contributed by atoms with E-state index in [1.54, 1.807) is 12.1 Å². The second-order valence-corrected chi connectivity index (χ2v) is 8.93. The number of nitrogens with two attached hydrogens (primary N) is 2. The fourth-order valence-electron chi connectivity index (χ4n) is 4.30. The molecule has 3 amide bonds. The fourth-order valence-corrected chi connectivity index (χ4v) is 4.30. The van der Waals surface area contributed by atoms with E-state index in [9.17, 15) is 9.59 Å². The zero-order valence-corrected chi connectivity index (χ0v) is 20.9. The molecule has 1 aliphatic heterocycles. The molecule has 1 aromatic heterocycles. The van der Waals surface area contributed by atoms with E-state index in [1.165, 1.54) is 0 Å². The van der Waals surface area contributed by atoms with Gasteiger partial charge in [-0.2, -0.15) is 0 Å². The maximum atomic E-state index is 12.1. The normalized spacial score (nSPS) is 13.9. The predicted molar refractivity (Wildman–Crippen MR) is 141 cm³/mol. The highest BCUT2D eigenvalue weighted by atomic mass is 16.5. The number of nitrogens with one attached hydrogen (secondary N) is 2. The van der Waals surface area contributed by atoms with Crippen LogP contribution in [-0.4, -0.2) is 72.4 Å². The maximum absolute atomic E-state index is 12.1. The monoisotopic (exact) mass is 509 g/mol. The molecular formula is C26H35N7O4. The number of nitrogen functional groups attached to an aromatic ring is 1. The summed E-state index contributed by atoms with van der Waals surface area (Å²) in [5.74, 6) is 0.272. The van der Waals surface area contributed by atoms with Gasteiger partial charge in [-0.25, -0.2) is 9.78 Å². The molecule has 1 fully saturated rings. The lowest BCUT2D eigenvalue weighted by molar-refractivity contribution is 0.0358. The second-order valence-electron chi connectivity index (χ2n) is 8.93. The van der Waals surface area contributed by atoms with E-state index in [0.29, 0.717) is 61.0 Å². The molecule has 4 rings (SSSR count). The first-order chi connectivity index (χ1) is 18.0. The summed E-state index contributed by atoms with van der Waals surface area (Å²) in [5.41, 5.74) is 14.4. The Labute approximate surface area is 216 Å². The van der Waals surface area contributed by atoms with Crippen LogP contribution < -0.4 is 26.8 Å². The zero-order valence-electron chi connectivity index (χ0n) is 20.9. The summed E-state index contributed by atoms with van der Waals surface area (Å²) in [6.07, 6.45) is 1.45. The number of nitrogens with zero attached hydrogens (tertiary/aromatic N) is 3. The third kappa shape index (κ3) is 7.34. The number of morpholine rings is 1. The molecule has 0 saturated carbocycles. The predicted octanol–water partition coefficient (Wildman–Crippen LogP) is 1.71. The summed E-state index contributed by atoms with van der Waals surface area (Å²) >= 11 is 0. The van der Waals surface area contributed by atoms with Crippen molar-refractivity contribution >= 4 is 28.9 Å². The number of hydrogen-bond donors (Lipinski definition) is 4. The van der Waals surface area contributed by atoms with Crippen LogP contribution in [0.4, 0.5) is 10.7 Å². The number of carbonyl (C=O) groups excluding carboxylic acids is 2. The average molecular weight is 510 g/mol.